The summed E-state index contributed by atoms with van der Waals surface area (Å²) in [5.74, 6) is 3.36. The Morgan fingerprint density at radius 1 is 0.371 bits per heavy atom. The van der Waals surface area contributed by atoms with E-state index in [-0.39, 0.29) is 0 Å². The average molecular weight is 505 g/mol. The first-order valence-electron chi connectivity index (χ1n) is 11.1. The van der Waals surface area contributed by atoms with Crippen LogP contribution in [0.3, 0.4) is 0 Å². The summed E-state index contributed by atoms with van der Waals surface area (Å²) in [6.45, 7) is 0. The zero-order chi connectivity index (χ0) is 24.6. The second-order valence-electron chi connectivity index (χ2n) is 7.56. The molecule has 0 bridgehead atoms. The predicted molar refractivity (Wildman–Crippen MR) is 147 cm³/mol. The van der Waals surface area contributed by atoms with Gasteiger partial charge in [0, 0.05) is 16.1 Å². The fourth-order valence-corrected chi connectivity index (χ4v) is 8.59. The van der Waals surface area contributed by atoms with Crippen molar-refractivity contribution in [3.05, 3.63) is 97.1 Å². The van der Waals surface area contributed by atoms with E-state index in [1.807, 2.05) is 48.5 Å². The van der Waals surface area contributed by atoms with E-state index in [0.29, 0.717) is 0 Å². The first-order valence-corrected chi connectivity index (χ1v) is 13.8. The molecular formula is C28H29NO4P2. The third-order valence-corrected chi connectivity index (χ3v) is 10.4. The molecule has 0 fully saturated rings. The van der Waals surface area contributed by atoms with Crippen molar-refractivity contribution in [3.63, 3.8) is 0 Å². The standard InChI is InChI=1S/C28H29NO4P2/c1-30-21-5-13-25(14-6-21)34(26-15-7-22(31-2)8-16-26)29-35(27-17-9-23(32-3)10-18-27)28-19-11-24(33-4)12-20-28/h5-20,29H,1-4H3. The lowest BCUT2D eigenvalue weighted by atomic mass is 10.3. The maximum atomic E-state index is 5.40. The minimum Gasteiger partial charge on any atom is -0.497 e. The van der Waals surface area contributed by atoms with E-state index in [1.165, 1.54) is 21.2 Å². The highest BCUT2D eigenvalue weighted by atomic mass is 31.2. The second-order valence-corrected chi connectivity index (χ2v) is 11.8. The molecule has 0 radical (unpaired) electrons. The van der Waals surface area contributed by atoms with Gasteiger partial charge in [0.25, 0.3) is 0 Å². The quantitative estimate of drug-likeness (QED) is 0.317. The first-order chi connectivity index (χ1) is 17.1. The Labute approximate surface area is 209 Å². The Bertz CT molecular complexity index is 1010. The van der Waals surface area contributed by atoms with Crippen LogP contribution in [0.15, 0.2) is 97.1 Å². The molecule has 0 aromatic heterocycles. The molecule has 0 saturated carbocycles. The molecule has 0 heterocycles. The van der Waals surface area contributed by atoms with Crippen molar-refractivity contribution in [2.75, 3.05) is 28.4 Å². The molecule has 0 aliphatic carbocycles. The van der Waals surface area contributed by atoms with Crippen LogP contribution in [-0.4, -0.2) is 28.4 Å². The molecule has 7 heteroatoms. The van der Waals surface area contributed by atoms with Gasteiger partial charge in [0.15, 0.2) is 0 Å². The Balaban J connectivity index is 1.77. The van der Waals surface area contributed by atoms with Gasteiger partial charge in [-0.3, -0.25) is 4.86 Å². The zero-order valence-electron chi connectivity index (χ0n) is 20.3. The van der Waals surface area contributed by atoms with Crippen molar-refractivity contribution >= 4 is 37.4 Å². The first kappa shape index (κ1) is 25.0. The van der Waals surface area contributed by atoms with E-state index in [9.17, 15) is 0 Å². The van der Waals surface area contributed by atoms with Gasteiger partial charge in [-0.25, -0.2) is 0 Å². The number of methoxy groups -OCH3 is 4. The molecule has 0 amide bonds. The molecule has 0 spiro atoms. The molecule has 35 heavy (non-hydrogen) atoms. The maximum absolute atomic E-state index is 5.40. The van der Waals surface area contributed by atoms with Gasteiger partial charge in [-0.1, -0.05) is 0 Å². The van der Waals surface area contributed by atoms with Crippen LogP contribution in [-0.2, 0) is 0 Å². The topological polar surface area (TPSA) is 49.0 Å². The second kappa shape index (κ2) is 12.0. The van der Waals surface area contributed by atoms with Crippen molar-refractivity contribution in [3.8, 4) is 23.0 Å². The molecule has 4 aromatic carbocycles. The third-order valence-electron chi connectivity index (χ3n) is 5.52. The van der Waals surface area contributed by atoms with Gasteiger partial charge in [0.05, 0.1) is 28.4 Å². The van der Waals surface area contributed by atoms with Gasteiger partial charge in [0.2, 0.25) is 0 Å². The fraction of sp³-hybridized carbons (Fsp3) is 0.143. The highest BCUT2D eigenvalue weighted by Gasteiger charge is 2.22. The van der Waals surface area contributed by atoms with E-state index in [2.05, 4.69) is 53.4 Å². The van der Waals surface area contributed by atoms with Gasteiger partial charge in [-0.05, 0) is 118 Å². The summed E-state index contributed by atoms with van der Waals surface area (Å²) >= 11 is 0. The van der Waals surface area contributed by atoms with E-state index in [4.69, 9.17) is 18.9 Å². The van der Waals surface area contributed by atoms with Crippen molar-refractivity contribution in [1.82, 2.24) is 4.86 Å². The van der Waals surface area contributed by atoms with Gasteiger partial charge in [-0.2, -0.15) is 0 Å². The van der Waals surface area contributed by atoms with Crippen molar-refractivity contribution in [1.29, 1.82) is 0 Å². The van der Waals surface area contributed by atoms with Gasteiger partial charge in [0.1, 0.15) is 23.0 Å². The fourth-order valence-electron chi connectivity index (χ4n) is 3.55. The van der Waals surface area contributed by atoms with Crippen molar-refractivity contribution in [2.24, 2.45) is 0 Å². The van der Waals surface area contributed by atoms with E-state index in [1.54, 1.807) is 28.4 Å². The zero-order valence-corrected chi connectivity index (χ0v) is 22.1. The highest BCUT2D eigenvalue weighted by Crippen LogP contribution is 2.43. The predicted octanol–water partition coefficient (Wildman–Crippen LogP) is 4.71. The van der Waals surface area contributed by atoms with Crippen LogP contribution in [0.1, 0.15) is 0 Å². The van der Waals surface area contributed by atoms with Crippen LogP contribution < -0.4 is 45.0 Å². The van der Waals surface area contributed by atoms with E-state index >= 15 is 0 Å². The van der Waals surface area contributed by atoms with Gasteiger partial charge >= 0.3 is 0 Å². The highest BCUT2D eigenvalue weighted by molar-refractivity contribution is 7.85. The summed E-state index contributed by atoms with van der Waals surface area (Å²) in [5, 5.41) is 4.84. The Hall–Kier alpha value is -3.10. The normalized spacial score (nSPS) is 10.9. The molecular weight excluding hydrogens is 476 g/mol. The van der Waals surface area contributed by atoms with Crippen LogP contribution in [0.5, 0.6) is 23.0 Å². The molecule has 4 aromatic rings. The summed E-state index contributed by atoms with van der Waals surface area (Å²) < 4.78 is 21.6. The number of nitrogens with one attached hydrogen (secondary N) is 1. The number of hydrogen-bond acceptors (Lipinski definition) is 5. The van der Waals surface area contributed by atoms with Crippen LogP contribution >= 0.6 is 16.1 Å². The number of ether oxygens (including phenoxy) is 4. The van der Waals surface area contributed by atoms with Gasteiger partial charge in [-0.15, -0.1) is 0 Å². The molecule has 5 nitrogen and oxygen atoms in total. The molecule has 180 valence electrons. The van der Waals surface area contributed by atoms with E-state index < -0.39 is 16.1 Å². The summed E-state index contributed by atoms with van der Waals surface area (Å²) in [5.41, 5.74) is 0. The Morgan fingerprint density at radius 3 is 0.743 bits per heavy atom. The lowest BCUT2D eigenvalue weighted by molar-refractivity contribution is 0.415. The number of hydrogen-bond donors (Lipinski definition) is 1. The smallest absolute Gasteiger partial charge is 0.118 e. The van der Waals surface area contributed by atoms with Crippen LogP contribution in [0.2, 0.25) is 0 Å². The monoisotopic (exact) mass is 505 g/mol. The van der Waals surface area contributed by atoms with Crippen molar-refractivity contribution < 1.29 is 18.9 Å². The van der Waals surface area contributed by atoms with Crippen LogP contribution in [0.25, 0.3) is 0 Å². The molecule has 0 saturated heterocycles. The lowest BCUT2D eigenvalue weighted by Gasteiger charge is -2.28. The number of rotatable bonds is 10. The minimum atomic E-state index is -0.890. The Morgan fingerprint density at radius 2 is 0.571 bits per heavy atom. The van der Waals surface area contributed by atoms with Gasteiger partial charge < -0.3 is 18.9 Å². The Kier molecular flexibility index (Phi) is 8.60. The molecule has 1 N–H and O–H groups in total. The summed E-state index contributed by atoms with van der Waals surface area (Å²) in [4.78, 5) is 4.04. The third kappa shape index (κ3) is 6.13. The molecule has 0 aliphatic rings. The maximum Gasteiger partial charge on any atom is 0.118 e. The largest absolute Gasteiger partial charge is 0.497 e. The lowest BCUT2D eigenvalue weighted by Crippen LogP contribution is -2.27. The van der Waals surface area contributed by atoms with E-state index in [0.717, 1.165) is 23.0 Å². The summed E-state index contributed by atoms with van der Waals surface area (Å²) in [7, 11) is 4.97. The number of benzene rings is 4. The van der Waals surface area contributed by atoms with Crippen molar-refractivity contribution in [2.45, 2.75) is 0 Å². The molecule has 0 atom stereocenters. The summed E-state index contributed by atoms with van der Waals surface area (Å²) in [6.07, 6.45) is 0. The SMILES string of the molecule is COc1ccc(P(NP(c2ccc(OC)cc2)c2ccc(OC)cc2)c2ccc(OC)cc2)cc1. The molecule has 0 aliphatic heterocycles. The summed E-state index contributed by atoms with van der Waals surface area (Å²) in [6, 6.07) is 33.2. The van der Waals surface area contributed by atoms with Crippen LogP contribution in [0.4, 0.5) is 0 Å². The van der Waals surface area contributed by atoms with Crippen LogP contribution in [0, 0.1) is 0 Å². The minimum absolute atomic E-state index is 0.839. The molecule has 0 unspecified atom stereocenters. The average Bonchev–Trinajstić information content (AvgIpc) is 2.94. The molecule has 4 rings (SSSR count).